The van der Waals surface area contributed by atoms with Gasteiger partial charge in [-0.15, -0.1) is 0 Å². The Balaban J connectivity index is 1.84. The van der Waals surface area contributed by atoms with Crippen molar-refractivity contribution in [1.29, 1.82) is 0 Å². The highest BCUT2D eigenvalue weighted by atomic mass is 16.2. The fourth-order valence-electron chi connectivity index (χ4n) is 2.29. The molecule has 1 atom stereocenters. The summed E-state index contributed by atoms with van der Waals surface area (Å²) >= 11 is 0. The van der Waals surface area contributed by atoms with Gasteiger partial charge in [0.1, 0.15) is 0 Å². The summed E-state index contributed by atoms with van der Waals surface area (Å²) in [5, 5.41) is 8.97. The van der Waals surface area contributed by atoms with Gasteiger partial charge in [-0.3, -0.25) is 9.59 Å². The summed E-state index contributed by atoms with van der Waals surface area (Å²) in [7, 11) is 0. The minimum atomic E-state index is -0.0515. The molecule has 5 nitrogen and oxygen atoms in total. The topological polar surface area (TPSA) is 70.2 Å². The van der Waals surface area contributed by atoms with Gasteiger partial charge in [0.05, 0.1) is 0 Å². The molecule has 1 unspecified atom stereocenters. The highest BCUT2D eigenvalue weighted by Crippen LogP contribution is 2.17. The molecule has 114 valence electrons. The van der Waals surface area contributed by atoms with Crippen molar-refractivity contribution in [2.45, 2.75) is 26.7 Å². The lowest BCUT2D eigenvalue weighted by atomic mass is 10.0. The Kier molecular flexibility index (Phi) is 5.33. The Labute approximate surface area is 125 Å². The number of nitrogens with one attached hydrogen (secondary N) is 3. The molecule has 1 aliphatic heterocycles. The van der Waals surface area contributed by atoms with E-state index in [4.69, 9.17) is 0 Å². The average molecular weight is 289 g/mol. The molecule has 0 aliphatic carbocycles. The largest absolute Gasteiger partial charge is 0.326 e. The lowest BCUT2D eigenvalue weighted by molar-refractivity contribution is -0.119. The predicted octanol–water partition coefficient (Wildman–Crippen LogP) is 2.22. The van der Waals surface area contributed by atoms with Gasteiger partial charge in [0, 0.05) is 23.7 Å². The molecule has 1 saturated heterocycles. The predicted molar refractivity (Wildman–Crippen MR) is 84.1 cm³/mol. The summed E-state index contributed by atoms with van der Waals surface area (Å²) < 4.78 is 0. The average Bonchev–Trinajstić information content (AvgIpc) is 2.93. The SMILES string of the molecule is CC(C)C(=O)Nc1ccc(NC(=O)CC2CCNC2)cc1. The van der Waals surface area contributed by atoms with E-state index < -0.39 is 0 Å². The zero-order valence-electron chi connectivity index (χ0n) is 12.6. The maximum absolute atomic E-state index is 11.9. The second kappa shape index (κ2) is 7.22. The van der Waals surface area contributed by atoms with Crippen LogP contribution >= 0.6 is 0 Å². The van der Waals surface area contributed by atoms with Crippen molar-refractivity contribution in [3.63, 3.8) is 0 Å². The highest BCUT2D eigenvalue weighted by Gasteiger charge is 2.18. The van der Waals surface area contributed by atoms with E-state index in [0.29, 0.717) is 12.3 Å². The van der Waals surface area contributed by atoms with Crippen molar-refractivity contribution in [1.82, 2.24) is 5.32 Å². The number of carbonyl (C=O) groups excluding carboxylic acids is 2. The van der Waals surface area contributed by atoms with Crippen LogP contribution in [0.25, 0.3) is 0 Å². The molecular weight excluding hydrogens is 266 g/mol. The van der Waals surface area contributed by atoms with E-state index in [1.807, 2.05) is 13.8 Å². The minimum absolute atomic E-state index is 0.0134. The molecule has 3 N–H and O–H groups in total. The van der Waals surface area contributed by atoms with Crippen LogP contribution in [0, 0.1) is 11.8 Å². The fraction of sp³-hybridized carbons (Fsp3) is 0.500. The summed E-state index contributed by atoms with van der Waals surface area (Å²) in [6.45, 7) is 5.62. The van der Waals surface area contributed by atoms with Gasteiger partial charge < -0.3 is 16.0 Å². The van der Waals surface area contributed by atoms with Gasteiger partial charge in [-0.25, -0.2) is 0 Å². The van der Waals surface area contributed by atoms with E-state index in [9.17, 15) is 9.59 Å². The van der Waals surface area contributed by atoms with Crippen molar-refractivity contribution < 1.29 is 9.59 Å². The molecule has 0 spiro atoms. The summed E-state index contributed by atoms with van der Waals surface area (Å²) in [5.74, 6) is 0.419. The first kappa shape index (κ1) is 15.5. The van der Waals surface area contributed by atoms with Gasteiger partial charge in [0.2, 0.25) is 11.8 Å². The van der Waals surface area contributed by atoms with Gasteiger partial charge >= 0.3 is 0 Å². The number of amides is 2. The minimum Gasteiger partial charge on any atom is -0.326 e. The van der Waals surface area contributed by atoms with Gasteiger partial charge in [0.15, 0.2) is 0 Å². The maximum atomic E-state index is 11.9. The Morgan fingerprint density at radius 3 is 2.33 bits per heavy atom. The van der Waals surface area contributed by atoms with Crippen LogP contribution in [-0.4, -0.2) is 24.9 Å². The van der Waals surface area contributed by atoms with E-state index in [1.54, 1.807) is 24.3 Å². The number of carbonyl (C=O) groups is 2. The molecule has 0 saturated carbocycles. The normalized spacial score (nSPS) is 17.8. The van der Waals surface area contributed by atoms with Crippen LogP contribution in [-0.2, 0) is 9.59 Å². The Morgan fingerprint density at radius 1 is 1.19 bits per heavy atom. The summed E-state index contributed by atoms with van der Waals surface area (Å²) in [6, 6.07) is 7.21. The molecule has 1 aromatic carbocycles. The number of anilines is 2. The molecule has 0 bridgehead atoms. The van der Waals surface area contributed by atoms with Gasteiger partial charge in [0.25, 0.3) is 0 Å². The summed E-state index contributed by atoms with van der Waals surface area (Å²) in [5.41, 5.74) is 1.50. The second-order valence-corrected chi connectivity index (χ2v) is 5.83. The van der Waals surface area contributed by atoms with E-state index >= 15 is 0 Å². The summed E-state index contributed by atoms with van der Waals surface area (Å²) in [4.78, 5) is 23.5. The molecule has 1 aromatic rings. The number of rotatable bonds is 5. The van der Waals surface area contributed by atoms with E-state index in [2.05, 4.69) is 16.0 Å². The molecule has 5 heteroatoms. The maximum Gasteiger partial charge on any atom is 0.226 e. The molecule has 0 aromatic heterocycles. The summed E-state index contributed by atoms with van der Waals surface area (Å²) in [6.07, 6.45) is 1.62. The van der Waals surface area contributed by atoms with Crippen molar-refractivity contribution in [2.75, 3.05) is 23.7 Å². The molecule has 2 amide bonds. The first-order valence-corrected chi connectivity index (χ1v) is 7.46. The second-order valence-electron chi connectivity index (χ2n) is 5.83. The quantitative estimate of drug-likeness (QED) is 0.778. The molecule has 21 heavy (non-hydrogen) atoms. The third-order valence-electron chi connectivity index (χ3n) is 3.60. The van der Waals surface area contributed by atoms with Crippen LogP contribution in [0.5, 0.6) is 0 Å². The van der Waals surface area contributed by atoms with Crippen molar-refractivity contribution >= 4 is 23.2 Å². The molecule has 0 radical (unpaired) electrons. The Bertz CT molecular complexity index is 491. The molecule has 1 aliphatic rings. The van der Waals surface area contributed by atoms with E-state index in [-0.39, 0.29) is 17.7 Å². The number of benzene rings is 1. The number of hydrogen-bond acceptors (Lipinski definition) is 3. The first-order valence-electron chi connectivity index (χ1n) is 7.46. The Hall–Kier alpha value is -1.88. The van der Waals surface area contributed by atoms with Crippen LogP contribution in [0.1, 0.15) is 26.7 Å². The van der Waals surface area contributed by atoms with Crippen molar-refractivity contribution in [3.8, 4) is 0 Å². The highest BCUT2D eigenvalue weighted by molar-refractivity contribution is 5.93. The number of hydrogen-bond donors (Lipinski definition) is 3. The van der Waals surface area contributed by atoms with E-state index in [0.717, 1.165) is 30.9 Å². The van der Waals surface area contributed by atoms with Gasteiger partial charge in [-0.05, 0) is 49.7 Å². The lowest BCUT2D eigenvalue weighted by Gasteiger charge is -2.11. The van der Waals surface area contributed by atoms with Gasteiger partial charge in [-0.1, -0.05) is 13.8 Å². The molecule has 2 rings (SSSR count). The van der Waals surface area contributed by atoms with Crippen LogP contribution in [0.3, 0.4) is 0 Å². The van der Waals surface area contributed by atoms with Crippen LogP contribution in [0.15, 0.2) is 24.3 Å². The first-order chi connectivity index (χ1) is 10.0. The standard InChI is InChI=1S/C16H23N3O2/c1-11(2)16(21)19-14-5-3-13(4-6-14)18-15(20)9-12-7-8-17-10-12/h3-6,11-12,17H,7-10H2,1-2H3,(H,18,20)(H,19,21). The van der Waals surface area contributed by atoms with Gasteiger partial charge in [-0.2, -0.15) is 0 Å². The van der Waals surface area contributed by atoms with Crippen molar-refractivity contribution in [2.24, 2.45) is 11.8 Å². The van der Waals surface area contributed by atoms with Crippen LogP contribution < -0.4 is 16.0 Å². The third kappa shape index (κ3) is 4.86. The fourth-order valence-corrected chi connectivity index (χ4v) is 2.29. The molecular formula is C16H23N3O2. The van der Waals surface area contributed by atoms with Crippen LogP contribution in [0.4, 0.5) is 11.4 Å². The van der Waals surface area contributed by atoms with Crippen molar-refractivity contribution in [3.05, 3.63) is 24.3 Å². The smallest absolute Gasteiger partial charge is 0.226 e. The molecule has 1 fully saturated rings. The third-order valence-corrected chi connectivity index (χ3v) is 3.60. The van der Waals surface area contributed by atoms with Crippen LogP contribution in [0.2, 0.25) is 0 Å². The van der Waals surface area contributed by atoms with E-state index in [1.165, 1.54) is 0 Å². The monoisotopic (exact) mass is 289 g/mol. The zero-order chi connectivity index (χ0) is 15.2. The Morgan fingerprint density at radius 2 is 1.81 bits per heavy atom. The zero-order valence-corrected chi connectivity index (χ0v) is 12.6. The lowest BCUT2D eigenvalue weighted by Crippen LogP contribution is -2.19. The molecule has 1 heterocycles.